The van der Waals surface area contributed by atoms with E-state index in [4.69, 9.17) is 4.74 Å². The van der Waals surface area contributed by atoms with Crippen molar-refractivity contribution in [1.29, 1.82) is 0 Å². The molecule has 4 heteroatoms. The lowest BCUT2D eigenvalue weighted by molar-refractivity contribution is 0.123. The minimum absolute atomic E-state index is 0.0459. The molecule has 0 N–H and O–H groups in total. The molecule has 4 rings (SSSR count). The fraction of sp³-hybridized carbons (Fsp3) is 0.294. The van der Waals surface area contributed by atoms with E-state index >= 15 is 0 Å². The Bertz CT molecular complexity index is 770. The van der Waals surface area contributed by atoms with Crippen molar-refractivity contribution in [1.82, 2.24) is 9.55 Å². The van der Waals surface area contributed by atoms with E-state index in [0.717, 1.165) is 42.8 Å². The van der Waals surface area contributed by atoms with Gasteiger partial charge in [-0.25, -0.2) is 0 Å². The zero-order chi connectivity index (χ0) is 14.3. The number of rotatable bonds is 1. The molecule has 0 atom stereocenters. The zero-order valence-electron chi connectivity index (χ0n) is 11.7. The molecule has 0 aromatic carbocycles. The van der Waals surface area contributed by atoms with Gasteiger partial charge in [-0.2, -0.15) is 0 Å². The molecule has 106 valence electrons. The third-order valence-electron chi connectivity index (χ3n) is 4.26. The predicted molar refractivity (Wildman–Crippen MR) is 80.1 cm³/mol. The molecule has 2 aromatic rings. The van der Waals surface area contributed by atoms with Crippen LogP contribution in [-0.4, -0.2) is 15.2 Å². The average molecular weight is 280 g/mol. The molecule has 0 radical (unpaired) electrons. The lowest BCUT2D eigenvalue weighted by Crippen LogP contribution is -2.35. The normalized spacial score (nSPS) is 19.0. The molecule has 3 heterocycles. The maximum atomic E-state index is 12.2. The molecular weight excluding hydrogens is 264 g/mol. The van der Waals surface area contributed by atoms with Gasteiger partial charge in [0.15, 0.2) is 0 Å². The summed E-state index contributed by atoms with van der Waals surface area (Å²) in [5.41, 5.74) is 1.25. The van der Waals surface area contributed by atoms with E-state index in [2.05, 4.69) is 11.1 Å². The van der Waals surface area contributed by atoms with E-state index in [1.807, 2.05) is 18.2 Å². The molecule has 2 aliphatic rings. The summed E-state index contributed by atoms with van der Waals surface area (Å²) in [5.74, 6) is 0.771. The van der Waals surface area contributed by atoms with Crippen LogP contribution in [0.25, 0.3) is 5.70 Å². The second-order valence-corrected chi connectivity index (χ2v) is 5.66. The number of hydrogen-bond acceptors (Lipinski definition) is 3. The first-order valence-corrected chi connectivity index (χ1v) is 7.33. The standard InChI is InChI=1S/C17H16N2O2/c20-15-7-1-4-11-19(15)13-12-17(8-2-3-9-17)21-14-6-5-10-18-16(13)14/h1,4-7,10-12H,2-3,8-9H2. The molecule has 1 saturated carbocycles. The van der Waals surface area contributed by atoms with Crippen molar-refractivity contribution in [3.8, 4) is 5.75 Å². The SMILES string of the molecule is O=c1ccccn1C1=CC2(CCCC2)Oc2cccnc21. The topological polar surface area (TPSA) is 44.1 Å². The van der Waals surface area contributed by atoms with Crippen LogP contribution < -0.4 is 10.3 Å². The summed E-state index contributed by atoms with van der Waals surface area (Å²) in [5, 5.41) is 0. The highest BCUT2D eigenvalue weighted by Gasteiger charge is 2.39. The van der Waals surface area contributed by atoms with Crippen LogP contribution in [0.15, 0.2) is 53.6 Å². The number of nitrogens with zero attached hydrogens (tertiary/aromatic N) is 2. The van der Waals surface area contributed by atoms with Gasteiger partial charge >= 0.3 is 0 Å². The van der Waals surface area contributed by atoms with Gasteiger partial charge in [-0.15, -0.1) is 0 Å². The van der Waals surface area contributed by atoms with Crippen LogP contribution in [0.3, 0.4) is 0 Å². The molecule has 21 heavy (non-hydrogen) atoms. The van der Waals surface area contributed by atoms with Crippen LogP contribution in [0.2, 0.25) is 0 Å². The molecule has 0 saturated heterocycles. The summed E-state index contributed by atoms with van der Waals surface area (Å²) < 4.78 is 7.88. The Morgan fingerprint density at radius 2 is 2.00 bits per heavy atom. The molecule has 0 bridgehead atoms. The van der Waals surface area contributed by atoms with E-state index in [0.29, 0.717) is 0 Å². The van der Waals surface area contributed by atoms with Gasteiger partial charge in [0, 0.05) is 18.5 Å². The Kier molecular flexibility index (Phi) is 2.70. The lowest BCUT2D eigenvalue weighted by Gasteiger charge is -2.33. The largest absolute Gasteiger partial charge is 0.481 e. The smallest absolute Gasteiger partial charge is 0.255 e. The van der Waals surface area contributed by atoms with E-state index < -0.39 is 0 Å². The van der Waals surface area contributed by atoms with Crippen molar-refractivity contribution >= 4 is 5.70 Å². The third kappa shape index (κ3) is 1.98. The first kappa shape index (κ1) is 12.4. The average Bonchev–Trinajstić information content (AvgIpc) is 2.95. The molecule has 0 unspecified atom stereocenters. The maximum absolute atomic E-state index is 12.2. The van der Waals surface area contributed by atoms with Gasteiger partial charge in [-0.1, -0.05) is 6.07 Å². The number of aromatic nitrogens is 2. The molecule has 2 aromatic heterocycles. The highest BCUT2D eigenvalue weighted by molar-refractivity contribution is 5.70. The zero-order valence-corrected chi connectivity index (χ0v) is 11.7. The third-order valence-corrected chi connectivity index (χ3v) is 4.26. The second kappa shape index (κ2) is 4.58. The summed E-state index contributed by atoms with van der Waals surface area (Å²) in [6.45, 7) is 0. The summed E-state index contributed by atoms with van der Waals surface area (Å²) in [6.07, 6.45) is 9.92. The molecule has 0 amide bonds. The van der Waals surface area contributed by atoms with Crippen LogP contribution in [-0.2, 0) is 0 Å². The number of hydrogen-bond donors (Lipinski definition) is 0. The second-order valence-electron chi connectivity index (χ2n) is 5.66. The van der Waals surface area contributed by atoms with Crippen LogP contribution in [0.1, 0.15) is 31.4 Å². The fourth-order valence-corrected chi connectivity index (χ4v) is 3.26. The summed E-state index contributed by atoms with van der Waals surface area (Å²) in [6, 6.07) is 8.99. The number of fused-ring (bicyclic) bond motifs is 1. The van der Waals surface area contributed by atoms with Gasteiger partial charge < -0.3 is 4.74 Å². The van der Waals surface area contributed by atoms with Crippen molar-refractivity contribution in [3.05, 3.63) is 64.8 Å². The monoisotopic (exact) mass is 280 g/mol. The Hall–Kier alpha value is -2.36. The van der Waals surface area contributed by atoms with Crippen LogP contribution in [0, 0.1) is 0 Å². The molecule has 1 spiro atoms. The Morgan fingerprint density at radius 1 is 1.14 bits per heavy atom. The van der Waals surface area contributed by atoms with Crippen LogP contribution in [0.5, 0.6) is 5.75 Å². The van der Waals surface area contributed by atoms with Gasteiger partial charge in [-0.3, -0.25) is 14.3 Å². The molecular formula is C17H16N2O2. The van der Waals surface area contributed by atoms with Crippen LogP contribution in [0.4, 0.5) is 0 Å². The lowest BCUT2D eigenvalue weighted by atomic mass is 9.96. The van der Waals surface area contributed by atoms with E-state index in [1.54, 1.807) is 29.1 Å². The quantitative estimate of drug-likeness (QED) is 0.807. The molecule has 1 aliphatic heterocycles. The van der Waals surface area contributed by atoms with E-state index in [-0.39, 0.29) is 11.2 Å². The Balaban J connectivity index is 1.95. The van der Waals surface area contributed by atoms with Gasteiger partial charge in [0.05, 0.1) is 5.70 Å². The van der Waals surface area contributed by atoms with Gasteiger partial charge in [0.2, 0.25) is 0 Å². The molecule has 1 fully saturated rings. The number of ether oxygens (including phenoxy) is 1. The van der Waals surface area contributed by atoms with Crippen molar-refractivity contribution < 1.29 is 4.74 Å². The summed E-state index contributed by atoms with van der Waals surface area (Å²) in [4.78, 5) is 16.6. The highest BCUT2D eigenvalue weighted by Crippen LogP contribution is 2.43. The van der Waals surface area contributed by atoms with Crippen molar-refractivity contribution in [2.75, 3.05) is 0 Å². The van der Waals surface area contributed by atoms with Crippen molar-refractivity contribution in [2.24, 2.45) is 0 Å². The van der Waals surface area contributed by atoms with E-state index in [9.17, 15) is 4.79 Å². The first-order valence-electron chi connectivity index (χ1n) is 7.33. The fourth-order valence-electron chi connectivity index (χ4n) is 3.26. The van der Waals surface area contributed by atoms with Crippen LogP contribution >= 0.6 is 0 Å². The first-order chi connectivity index (χ1) is 10.3. The molecule has 1 aliphatic carbocycles. The minimum atomic E-state index is -0.277. The van der Waals surface area contributed by atoms with Crippen molar-refractivity contribution in [2.45, 2.75) is 31.3 Å². The van der Waals surface area contributed by atoms with Gasteiger partial charge in [-0.05, 0) is 50.0 Å². The van der Waals surface area contributed by atoms with Gasteiger partial charge in [0.25, 0.3) is 5.56 Å². The van der Waals surface area contributed by atoms with Crippen molar-refractivity contribution in [3.63, 3.8) is 0 Å². The number of pyridine rings is 2. The van der Waals surface area contributed by atoms with E-state index in [1.165, 1.54) is 0 Å². The summed E-state index contributed by atoms with van der Waals surface area (Å²) >= 11 is 0. The minimum Gasteiger partial charge on any atom is -0.481 e. The maximum Gasteiger partial charge on any atom is 0.255 e. The molecule has 4 nitrogen and oxygen atoms in total. The highest BCUT2D eigenvalue weighted by atomic mass is 16.5. The predicted octanol–water partition coefficient (Wildman–Crippen LogP) is 2.84. The Labute approximate surface area is 122 Å². The summed E-state index contributed by atoms with van der Waals surface area (Å²) in [7, 11) is 0. The van der Waals surface area contributed by atoms with Gasteiger partial charge in [0.1, 0.15) is 17.0 Å². The Morgan fingerprint density at radius 3 is 2.81 bits per heavy atom.